The lowest BCUT2D eigenvalue weighted by Gasteiger charge is -2.13. The summed E-state index contributed by atoms with van der Waals surface area (Å²) < 4.78 is 0. The lowest BCUT2D eigenvalue weighted by atomic mass is 10.0. The minimum Gasteiger partial charge on any atom is -0.399 e. The molecule has 1 aromatic rings. The fourth-order valence-electron chi connectivity index (χ4n) is 1.62. The molecule has 0 radical (unpaired) electrons. The Kier molecular flexibility index (Phi) is 4.32. The maximum Gasteiger partial charge on any atom is 0.246 e. The number of hydrogen-bond donors (Lipinski definition) is 2. The van der Waals surface area contributed by atoms with Crippen molar-refractivity contribution in [2.24, 2.45) is 0 Å². The van der Waals surface area contributed by atoms with Crippen LogP contribution < -0.4 is 11.1 Å². The maximum absolute atomic E-state index is 11.6. The smallest absolute Gasteiger partial charge is 0.246 e. The van der Waals surface area contributed by atoms with Gasteiger partial charge < -0.3 is 11.1 Å². The lowest BCUT2D eigenvalue weighted by molar-refractivity contribution is -0.117. The number of rotatable bonds is 3. The van der Waals surface area contributed by atoms with Crippen molar-refractivity contribution in [2.75, 3.05) is 5.73 Å². The monoisotopic (exact) mass is 232 g/mol. The highest BCUT2D eigenvalue weighted by atomic mass is 16.1. The summed E-state index contributed by atoms with van der Waals surface area (Å²) in [4.78, 5) is 11.6. The van der Waals surface area contributed by atoms with Crippen molar-refractivity contribution in [1.82, 2.24) is 5.32 Å². The molecule has 0 saturated heterocycles. The van der Waals surface area contributed by atoms with Crippen molar-refractivity contribution >= 4 is 11.6 Å². The van der Waals surface area contributed by atoms with E-state index in [4.69, 9.17) is 5.73 Å². The Hall–Kier alpha value is -1.77. The van der Waals surface area contributed by atoms with E-state index in [-0.39, 0.29) is 5.91 Å². The number of anilines is 1. The van der Waals surface area contributed by atoms with E-state index < -0.39 is 0 Å². The van der Waals surface area contributed by atoms with E-state index in [0.29, 0.717) is 6.54 Å². The quantitative estimate of drug-likeness (QED) is 0.621. The minimum absolute atomic E-state index is 0.0336. The molecule has 0 fully saturated rings. The zero-order chi connectivity index (χ0) is 13.0. The fourth-order valence-corrected chi connectivity index (χ4v) is 1.62. The number of nitrogen functional groups attached to an aromatic ring is 1. The number of nitrogens with two attached hydrogens (primary N) is 1. The average Bonchev–Trinajstić information content (AvgIpc) is 2.32. The Morgan fingerprint density at radius 1 is 1.41 bits per heavy atom. The highest BCUT2D eigenvalue weighted by molar-refractivity contribution is 5.92. The van der Waals surface area contributed by atoms with E-state index in [1.54, 1.807) is 13.0 Å². The van der Waals surface area contributed by atoms with Crippen LogP contribution in [-0.4, -0.2) is 5.91 Å². The topological polar surface area (TPSA) is 55.1 Å². The van der Waals surface area contributed by atoms with Gasteiger partial charge in [-0.15, -0.1) is 0 Å². The van der Waals surface area contributed by atoms with Gasteiger partial charge in [0.25, 0.3) is 0 Å². The zero-order valence-corrected chi connectivity index (χ0v) is 10.9. The van der Waals surface area contributed by atoms with Crippen LogP contribution >= 0.6 is 0 Å². The predicted octanol–water partition coefficient (Wildman–Crippen LogP) is 2.47. The third-order valence-corrected chi connectivity index (χ3v) is 3.09. The Bertz CT molecular complexity index is 462. The van der Waals surface area contributed by atoms with E-state index in [1.165, 1.54) is 0 Å². The molecule has 0 heterocycles. The van der Waals surface area contributed by atoms with Gasteiger partial charge >= 0.3 is 0 Å². The van der Waals surface area contributed by atoms with E-state index in [0.717, 1.165) is 28.0 Å². The zero-order valence-electron chi connectivity index (χ0n) is 10.9. The summed E-state index contributed by atoms with van der Waals surface area (Å²) >= 11 is 0. The first-order valence-corrected chi connectivity index (χ1v) is 5.73. The first-order valence-electron chi connectivity index (χ1n) is 5.73. The molecule has 0 saturated carbocycles. The molecule has 0 aliphatic rings. The van der Waals surface area contributed by atoms with Gasteiger partial charge in [0.2, 0.25) is 5.91 Å². The largest absolute Gasteiger partial charge is 0.399 e. The molecule has 92 valence electrons. The molecule has 17 heavy (non-hydrogen) atoms. The third-order valence-electron chi connectivity index (χ3n) is 3.09. The van der Waals surface area contributed by atoms with Crippen LogP contribution in [0.15, 0.2) is 23.8 Å². The maximum atomic E-state index is 11.6. The second-order valence-electron chi connectivity index (χ2n) is 4.23. The Morgan fingerprint density at radius 2 is 2.06 bits per heavy atom. The number of carbonyl (C=O) groups excluding carboxylic acids is 1. The normalized spacial score (nSPS) is 11.4. The van der Waals surface area contributed by atoms with Gasteiger partial charge in [-0.2, -0.15) is 0 Å². The summed E-state index contributed by atoms with van der Waals surface area (Å²) in [5.74, 6) is -0.0336. The second-order valence-corrected chi connectivity index (χ2v) is 4.23. The van der Waals surface area contributed by atoms with Crippen LogP contribution in [0.5, 0.6) is 0 Å². The minimum atomic E-state index is -0.0336. The summed E-state index contributed by atoms with van der Waals surface area (Å²) in [6.07, 6.45) is 1.80. The molecule has 0 aromatic heterocycles. The first-order chi connectivity index (χ1) is 7.97. The van der Waals surface area contributed by atoms with Gasteiger partial charge in [0.15, 0.2) is 0 Å². The van der Waals surface area contributed by atoms with E-state index >= 15 is 0 Å². The van der Waals surface area contributed by atoms with E-state index in [9.17, 15) is 4.79 Å². The molecular formula is C14H20N2O. The van der Waals surface area contributed by atoms with E-state index in [2.05, 4.69) is 5.32 Å². The summed E-state index contributed by atoms with van der Waals surface area (Å²) in [6, 6.07) is 3.87. The number of amides is 1. The highest BCUT2D eigenvalue weighted by Gasteiger charge is 2.08. The molecule has 3 N–H and O–H groups in total. The number of hydrogen-bond acceptors (Lipinski definition) is 2. The van der Waals surface area contributed by atoms with Gasteiger partial charge in [0.1, 0.15) is 0 Å². The van der Waals surface area contributed by atoms with Gasteiger partial charge in [-0.3, -0.25) is 4.79 Å². The van der Waals surface area contributed by atoms with Gasteiger partial charge in [-0.1, -0.05) is 12.1 Å². The van der Waals surface area contributed by atoms with Gasteiger partial charge in [0, 0.05) is 17.8 Å². The van der Waals surface area contributed by atoms with Crippen molar-refractivity contribution in [2.45, 2.75) is 34.2 Å². The Morgan fingerprint density at radius 3 is 2.65 bits per heavy atom. The third kappa shape index (κ3) is 3.09. The van der Waals surface area contributed by atoms with Crippen molar-refractivity contribution in [1.29, 1.82) is 0 Å². The van der Waals surface area contributed by atoms with Crippen LogP contribution in [0.3, 0.4) is 0 Å². The van der Waals surface area contributed by atoms with Gasteiger partial charge in [0.05, 0.1) is 0 Å². The molecular weight excluding hydrogens is 212 g/mol. The molecule has 0 spiro atoms. The van der Waals surface area contributed by atoms with Gasteiger partial charge in [-0.05, 0) is 50.5 Å². The molecule has 1 rings (SSSR count). The van der Waals surface area contributed by atoms with Crippen molar-refractivity contribution in [3.8, 4) is 0 Å². The molecule has 3 nitrogen and oxygen atoms in total. The number of carbonyl (C=O) groups is 1. The molecule has 0 aliphatic heterocycles. The van der Waals surface area contributed by atoms with Crippen LogP contribution in [0.2, 0.25) is 0 Å². The summed E-state index contributed by atoms with van der Waals surface area (Å²) in [6.45, 7) is 8.18. The van der Waals surface area contributed by atoms with Crippen molar-refractivity contribution in [3.05, 3.63) is 40.5 Å². The van der Waals surface area contributed by atoms with Crippen LogP contribution in [0.4, 0.5) is 5.69 Å². The van der Waals surface area contributed by atoms with Crippen LogP contribution in [0.25, 0.3) is 0 Å². The first kappa shape index (κ1) is 13.3. The van der Waals surface area contributed by atoms with Gasteiger partial charge in [-0.25, -0.2) is 0 Å². The van der Waals surface area contributed by atoms with E-state index in [1.807, 2.05) is 32.9 Å². The van der Waals surface area contributed by atoms with Crippen LogP contribution in [0.1, 0.15) is 30.5 Å². The summed E-state index contributed by atoms with van der Waals surface area (Å²) in [7, 11) is 0. The molecule has 0 unspecified atom stereocenters. The summed E-state index contributed by atoms with van der Waals surface area (Å²) in [5.41, 5.74) is 10.6. The number of aryl methyl sites for hydroxylation is 1. The predicted molar refractivity (Wildman–Crippen MR) is 71.6 cm³/mol. The molecule has 3 heteroatoms. The molecule has 0 bridgehead atoms. The molecule has 0 atom stereocenters. The fraction of sp³-hybridized carbons (Fsp3) is 0.357. The van der Waals surface area contributed by atoms with Crippen molar-refractivity contribution < 1.29 is 4.79 Å². The second kappa shape index (κ2) is 5.53. The lowest BCUT2D eigenvalue weighted by Crippen LogP contribution is -2.24. The molecule has 1 amide bonds. The molecule has 0 aliphatic carbocycles. The standard InChI is InChI=1S/C14H20N2O/c1-5-9(2)14(17)16-8-12-10(3)6-7-13(15)11(12)4/h5-7H,8,15H2,1-4H3,(H,16,17)/b9-5+. The average molecular weight is 232 g/mol. The molecule has 1 aromatic carbocycles. The highest BCUT2D eigenvalue weighted by Crippen LogP contribution is 2.19. The number of allylic oxidation sites excluding steroid dienone is 1. The van der Waals surface area contributed by atoms with Crippen molar-refractivity contribution in [3.63, 3.8) is 0 Å². The van der Waals surface area contributed by atoms with Crippen LogP contribution in [0, 0.1) is 13.8 Å². The SMILES string of the molecule is C/C=C(\C)C(=O)NCc1c(C)ccc(N)c1C. The number of benzene rings is 1. The number of nitrogens with one attached hydrogen (secondary N) is 1. The Labute approximate surface area is 103 Å². The Balaban J connectivity index is 2.83. The summed E-state index contributed by atoms with van der Waals surface area (Å²) in [5, 5.41) is 2.90. The van der Waals surface area contributed by atoms with Crippen LogP contribution in [-0.2, 0) is 11.3 Å².